The van der Waals surface area contributed by atoms with Gasteiger partial charge in [-0.1, -0.05) is 12.1 Å². The Morgan fingerprint density at radius 3 is 2.50 bits per heavy atom. The van der Waals surface area contributed by atoms with Crippen LogP contribution in [0.1, 0.15) is 13.3 Å². The molecular weight excluding hydrogens is 162 g/mol. The van der Waals surface area contributed by atoms with Gasteiger partial charge in [-0.3, -0.25) is 0 Å². The van der Waals surface area contributed by atoms with Crippen LogP contribution in [0, 0.1) is 0 Å². The molecule has 0 spiro atoms. The fraction of sp³-hybridized carbons (Fsp3) is 0.714. The van der Waals surface area contributed by atoms with Crippen molar-refractivity contribution < 1.29 is 19.5 Å². The predicted octanol–water partition coefficient (Wildman–Crippen LogP) is -0.0673. The molecule has 1 unspecified atom stereocenters. The normalized spacial score (nSPS) is 13.8. The van der Waals surface area contributed by atoms with Crippen molar-refractivity contribution in [2.24, 2.45) is 5.16 Å². The minimum atomic E-state index is -0.933. The number of carbonyl (C=O) groups excluding carboxylic acids is 1. The Labute approximate surface area is 71.0 Å². The highest BCUT2D eigenvalue weighted by molar-refractivity contribution is 6.37. The predicted molar refractivity (Wildman–Crippen MR) is 42.8 cm³/mol. The second-order valence-electron chi connectivity index (χ2n) is 2.07. The lowest BCUT2D eigenvalue weighted by Gasteiger charge is -2.07. The molecular formula is C7H13NO4. The molecule has 1 atom stereocenters. The fourth-order valence-corrected chi connectivity index (χ4v) is 0.630. The van der Waals surface area contributed by atoms with Gasteiger partial charge in [0.05, 0.1) is 7.11 Å². The molecule has 5 heteroatoms. The van der Waals surface area contributed by atoms with E-state index in [1.807, 2.05) is 0 Å². The molecule has 0 aliphatic heterocycles. The smallest absolute Gasteiger partial charge is 0.358 e. The van der Waals surface area contributed by atoms with E-state index in [0.29, 0.717) is 6.42 Å². The summed E-state index contributed by atoms with van der Waals surface area (Å²) in [5, 5.41) is 12.6. The average molecular weight is 175 g/mol. The highest BCUT2D eigenvalue weighted by atomic mass is 16.6. The number of methoxy groups -OCH3 is 1. The van der Waals surface area contributed by atoms with E-state index in [4.69, 9.17) is 0 Å². The van der Waals surface area contributed by atoms with Crippen molar-refractivity contribution in [3.8, 4) is 0 Å². The third kappa shape index (κ3) is 2.87. The van der Waals surface area contributed by atoms with Crippen molar-refractivity contribution in [1.29, 1.82) is 0 Å². The van der Waals surface area contributed by atoms with Crippen molar-refractivity contribution in [1.82, 2.24) is 0 Å². The summed E-state index contributed by atoms with van der Waals surface area (Å²) in [5.74, 6) is -0.675. The number of rotatable bonds is 4. The van der Waals surface area contributed by atoms with Gasteiger partial charge in [0, 0.05) is 0 Å². The number of hydrogen-bond donors (Lipinski definition) is 1. The molecule has 0 bridgehead atoms. The summed E-state index contributed by atoms with van der Waals surface area (Å²) >= 11 is 0. The Morgan fingerprint density at radius 1 is 1.58 bits per heavy atom. The van der Waals surface area contributed by atoms with Crippen LogP contribution in [0.4, 0.5) is 0 Å². The zero-order valence-electron chi connectivity index (χ0n) is 7.40. The molecule has 0 saturated carbocycles. The zero-order valence-corrected chi connectivity index (χ0v) is 7.40. The summed E-state index contributed by atoms with van der Waals surface area (Å²) in [5.41, 5.74) is -0.109. The van der Waals surface area contributed by atoms with Crippen LogP contribution < -0.4 is 0 Å². The number of nitrogens with zero attached hydrogens (tertiary/aromatic N) is 1. The summed E-state index contributed by atoms with van der Waals surface area (Å²) in [6, 6.07) is 0. The van der Waals surface area contributed by atoms with E-state index in [1.54, 1.807) is 6.92 Å². The molecule has 0 amide bonds. The standard InChI is InChI=1S/C7H13NO4/c1-4-5(9)6(8-12-3)7(10)11-2/h5,9H,4H2,1-3H3/b8-6+. The number of aliphatic hydroxyl groups is 1. The maximum absolute atomic E-state index is 10.9. The van der Waals surface area contributed by atoms with Gasteiger partial charge in [0.2, 0.25) is 0 Å². The van der Waals surface area contributed by atoms with E-state index >= 15 is 0 Å². The molecule has 0 saturated heterocycles. The fourth-order valence-electron chi connectivity index (χ4n) is 0.630. The Balaban J connectivity index is 4.43. The van der Waals surface area contributed by atoms with E-state index in [2.05, 4.69) is 14.7 Å². The molecule has 0 aromatic rings. The van der Waals surface area contributed by atoms with Gasteiger partial charge >= 0.3 is 5.97 Å². The minimum Gasteiger partial charge on any atom is -0.464 e. The quantitative estimate of drug-likeness (QED) is 0.369. The third-order valence-electron chi connectivity index (χ3n) is 1.29. The average Bonchev–Trinajstić information content (AvgIpc) is 2.11. The van der Waals surface area contributed by atoms with Crippen LogP contribution in [0.3, 0.4) is 0 Å². The van der Waals surface area contributed by atoms with Gasteiger partial charge in [-0.2, -0.15) is 0 Å². The van der Waals surface area contributed by atoms with Crippen LogP contribution in [0.25, 0.3) is 0 Å². The first-order valence-corrected chi connectivity index (χ1v) is 3.54. The molecule has 0 aromatic heterocycles. The van der Waals surface area contributed by atoms with E-state index < -0.39 is 12.1 Å². The van der Waals surface area contributed by atoms with Crippen molar-refractivity contribution in [3.05, 3.63) is 0 Å². The molecule has 0 aliphatic rings. The van der Waals surface area contributed by atoms with Crippen molar-refractivity contribution in [2.45, 2.75) is 19.4 Å². The second kappa shape index (κ2) is 5.54. The van der Waals surface area contributed by atoms with Crippen molar-refractivity contribution in [2.75, 3.05) is 14.2 Å². The second-order valence-corrected chi connectivity index (χ2v) is 2.07. The molecule has 1 N–H and O–H groups in total. The van der Waals surface area contributed by atoms with Crippen LogP contribution in [-0.4, -0.2) is 37.1 Å². The number of carbonyl (C=O) groups is 1. The van der Waals surface area contributed by atoms with Gasteiger partial charge < -0.3 is 14.7 Å². The lowest BCUT2D eigenvalue weighted by Crippen LogP contribution is -2.29. The minimum absolute atomic E-state index is 0.109. The largest absolute Gasteiger partial charge is 0.464 e. The van der Waals surface area contributed by atoms with Crippen molar-refractivity contribution in [3.63, 3.8) is 0 Å². The number of esters is 1. The summed E-state index contributed by atoms with van der Waals surface area (Å²) in [7, 11) is 2.52. The van der Waals surface area contributed by atoms with E-state index in [-0.39, 0.29) is 5.71 Å². The highest BCUT2D eigenvalue weighted by Gasteiger charge is 2.20. The lowest BCUT2D eigenvalue weighted by molar-refractivity contribution is -0.133. The molecule has 0 fully saturated rings. The van der Waals surface area contributed by atoms with Crippen LogP contribution >= 0.6 is 0 Å². The van der Waals surface area contributed by atoms with Crippen LogP contribution in [-0.2, 0) is 14.4 Å². The van der Waals surface area contributed by atoms with Crippen LogP contribution in [0.5, 0.6) is 0 Å². The first-order valence-electron chi connectivity index (χ1n) is 3.54. The van der Waals surface area contributed by atoms with Crippen LogP contribution in [0.2, 0.25) is 0 Å². The Kier molecular flexibility index (Phi) is 5.03. The van der Waals surface area contributed by atoms with E-state index in [0.717, 1.165) is 0 Å². The molecule has 0 aromatic carbocycles. The van der Waals surface area contributed by atoms with Gasteiger partial charge in [0.15, 0.2) is 5.71 Å². The molecule has 12 heavy (non-hydrogen) atoms. The summed E-state index contributed by atoms with van der Waals surface area (Å²) in [6.07, 6.45) is -0.547. The highest BCUT2D eigenvalue weighted by Crippen LogP contribution is 1.97. The van der Waals surface area contributed by atoms with E-state index in [1.165, 1.54) is 14.2 Å². The Bertz CT molecular complexity index is 178. The number of hydrogen-bond acceptors (Lipinski definition) is 5. The van der Waals surface area contributed by atoms with Gasteiger partial charge in [-0.15, -0.1) is 0 Å². The maximum Gasteiger partial charge on any atom is 0.358 e. The first kappa shape index (κ1) is 10.9. The maximum atomic E-state index is 10.9. The summed E-state index contributed by atoms with van der Waals surface area (Å²) < 4.78 is 4.38. The first-order chi connectivity index (χ1) is 5.67. The monoisotopic (exact) mass is 175 g/mol. The molecule has 0 heterocycles. The Morgan fingerprint density at radius 2 is 2.17 bits per heavy atom. The van der Waals surface area contributed by atoms with Gasteiger partial charge in [0.1, 0.15) is 13.2 Å². The molecule has 5 nitrogen and oxygen atoms in total. The third-order valence-corrected chi connectivity index (χ3v) is 1.29. The van der Waals surface area contributed by atoms with Gasteiger partial charge in [0.25, 0.3) is 0 Å². The summed E-state index contributed by atoms with van der Waals surface area (Å²) in [6.45, 7) is 1.72. The number of aliphatic hydroxyl groups excluding tert-OH is 1. The van der Waals surface area contributed by atoms with Crippen LogP contribution in [0.15, 0.2) is 5.16 Å². The molecule has 0 rings (SSSR count). The number of ether oxygens (including phenoxy) is 1. The van der Waals surface area contributed by atoms with Crippen molar-refractivity contribution >= 4 is 11.7 Å². The molecule has 0 aliphatic carbocycles. The van der Waals surface area contributed by atoms with Gasteiger partial charge in [-0.25, -0.2) is 4.79 Å². The lowest BCUT2D eigenvalue weighted by atomic mass is 10.2. The topological polar surface area (TPSA) is 68.1 Å². The number of oxime groups is 1. The molecule has 70 valence electrons. The van der Waals surface area contributed by atoms with E-state index in [9.17, 15) is 9.90 Å². The summed E-state index contributed by atoms with van der Waals surface area (Å²) in [4.78, 5) is 15.3. The zero-order chi connectivity index (χ0) is 9.56. The SMILES string of the molecule is CCC(O)/C(=N\OC)C(=O)OC. The Hall–Kier alpha value is -1.10. The molecule has 0 radical (unpaired) electrons. The van der Waals surface area contributed by atoms with Gasteiger partial charge in [-0.05, 0) is 6.42 Å².